The van der Waals surface area contributed by atoms with E-state index in [1.807, 2.05) is 6.92 Å². The van der Waals surface area contributed by atoms with Crippen LogP contribution in [0.5, 0.6) is 16.7 Å². The van der Waals surface area contributed by atoms with Gasteiger partial charge >= 0.3 is 0 Å². The topological polar surface area (TPSA) is 42.4 Å². The highest BCUT2D eigenvalue weighted by molar-refractivity contribution is 9.10. The van der Waals surface area contributed by atoms with Gasteiger partial charge in [0.05, 0.1) is 4.47 Å². The molecule has 0 amide bonds. The minimum atomic E-state index is -0.706. The third-order valence-electron chi connectivity index (χ3n) is 1.79. The van der Waals surface area contributed by atoms with Crippen LogP contribution in [0.15, 0.2) is 22.8 Å². The van der Waals surface area contributed by atoms with Crippen molar-refractivity contribution in [2.75, 3.05) is 0 Å². The predicted molar refractivity (Wildman–Crippen MR) is 69.4 cm³/mol. The molecule has 0 bridgehead atoms. The van der Waals surface area contributed by atoms with Gasteiger partial charge < -0.3 is 9.84 Å². The lowest BCUT2D eigenvalue weighted by atomic mass is 10.3. The van der Waals surface area contributed by atoms with Crippen LogP contribution in [0, 0.1) is 12.7 Å². The third-order valence-corrected chi connectivity index (χ3v) is 3.16. The van der Waals surface area contributed by atoms with Crippen molar-refractivity contribution < 1.29 is 14.2 Å². The lowest BCUT2D eigenvalue weighted by Gasteiger charge is -2.04. The molecule has 1 aromatic carbocycles. The monoisotopic (exact) mass is 319 g/mol. The number of phenols is 1. The van der Waals surface area contributed by atoms with E-state index < -0.39 is 11.6 Å². The molecular weight excluding hydrogens is 309 g/mol. The summed E-state index contributed by atoms with van der Waals surface area (Å²) in [7, 11) is 0. The minimum Gasteiger partial charge on any atom is -0.505 e. The van der Waals surface area contributed by atoms with Crippen molar-refractivity contribution in [2.24, 2.45) is 0 Å². The molecule has 2 rings (SSSR count). The summed E-state index contributed by atoms with van der Waals surface area (Å²) in [5, 5.41) is 9.72. The van der Waals surface area contributed by atoms with Crippen LogP contribution < -0.4 is 4.74 Å². The first kappa shape index (κ1) is 13.9. The van der Waals surface area contributed by atoms with Crippen LogP contribution in [-0.4, -0.2) is 10.1 Å². The molecule has 1 heterocycles. The number of rotatable bonds is 2. The number of hydrogen-bond acceptors (Lipinski definition) is 4. The van der Waals surface area contributed by atoms with Crippen molar-refractivity contribution >= 4 is 27.3 Å². The van der Waals surface area contributed by atoms with E-state index >= 15 is 0 Å². The lowest BCUT2D eigenvalue weighted by molar-refractivity contribution is 0.419. The zero-order chi connectivity index (χ0) is 11.7. The van der Waals surface area contributed by atoms with Crippen LogP contribution in [0.25, 0.3) is 0 Å². The standard InChI is InChI=1S/C10H7BrFNO2S.CH4/c1-5-4-13-10(16-5)15-6-2-7(11)9(12)8(14)3-6;/h2-4,14H,1H3;1H4. The molecule has 6 heteroatoms. The number of nitrogens with zero attached hydrogens (tertiary/aromatic N) is 1. The van der Waals surface area contributed by atoms with E-state index in [4.69, 9.17) is 4.74 Å². The van der Waals surface area contributed by atoms with Gasteiger partial charge in [0.2, 0.25) is 0 Å². The van der Waals surface area contributed by atoms with Crippen molar-refractivity contribution in [1.82, 2.24) is 4.98 Å². The van der Waals surface area contributed by atoms with E-state index in [9.17, 15) is 9.50 Å². The number of ether oxygens (including phenoxy) is 1. The highest BCUT2D eigenvalue weighted by Gasteiger charge is 2.10. The van der Waals surface area contributed by atoms with Crippen LogP contribution in [0.2, 0.25) is 0 Å². The zero-order valence-corrected chi connectivity index (χ0v) is 10.6. The molecule has 92 valence electrons. The van der Waals surface area contributed by atoms with E-state index in [2.05, 4.69) is 20.9 Å². The highest BCUT2D eigenvalue weighted by atomic mass is 79.9. The largest absolute Gasteiger partial charge is 0.505 e. The Morgan fingerprint density at radius 1 is 1.47 bits per heavy atom. The first-order valence-electron chi connectivity index (χ1n) is 4.34. The van der Waals surface area contributed by atoms with Gasteiger partial charge in [0.25, 0.3) is 5.19 Å². The second kappa shape index (κ2) is 5.46. The average Bonchev–Trinajstić information content (AvgIpc) is 2.60. The molecule has 17 heavy (non-hydrogen) atoms. The number of phenolic OH excluding ortho intramolecular Hbond substituents is 1. The summed E-state index contributed by atoms with van der Waals surface area (Å²) >= 11 is 4.36. The molecule has 1 N–H and O–H groups in total. The second-order valence-electron chi connectivity index (χ2n) is 3.08. The Morgan fingerprint density at radius 3 is 2.71 bits per heavy atom. The number of aromatic nitrogens is 1. The average molecular weight is 320 g/mol. The summed E-state index contributed by atoms with van der Waals surface area (Å²) in [5.41, 5.74) is 0. The summed E-state index contributed by atoms with van der Waals surface area (Å²) in [4.78, 5) is 5.01. The first-order valence-corrected chi connectivity index (χ1v) is 5.95. The third kappa shape index (κ3) is 3.17. The predicted octanol–water partition coefficient (Wildman–Crippen LogP) is 4.49. The zero-order valence-electron chi connectivity index (χ0n) is 8.20. The van der Waals surface area contributed by atoms with Crippen molar-refractivity contribution in [3.63, 3.8) is 0 Å². The van der Waals surface area contributed by atoms with Crippen LogP contribution in [0.1, 0.15) is 12.3 Å². The molecule has 0 saturated heterocycles. The van der Waals surface area contributed by atoms with E-state index in [1.54, 1.807) is 6.20 Å². The van der Waals surface area contributed by atoms with Gasteiger partial charge in [-0.15, -0.1) is 0 Å². The molecule has 0 atom stereocenters. The Hall–Kier alpha value is -1.14. The van der Waals surface area contributed by atoms with Gasteiger partial charge in [0.15, 0.2) is 11.6 Å². The smallest absolute Gasteiger partial charge is 0.278 e. The molecule has 0 radical (unpaired) electrons. The molecule has 0 saturated carbocycles. The van der Waals surface area contributed by atoms with Crippen molar-refractivity contribution in [1.29, 1.82) is 0 Å². The van der Waals surface area contributed by atoms with Crippen molar-refractivity contribution in [3.8, 4) is 16.7 Å². The fraction of sp³-hybridized carbons (Fsp3) is 0.182. The normalized spacial score (nSPS) is 9.82. The molecule has 0 aliphatic carbocycles. The molecule has 2 aromatic rings. The number of hydrogen-bond donors (Lipinski definition) is 1. The van der Waals surface area contributed by atoms with E-state index in [-0.39, 0.29) is 11.9 Å². The molecule has 0 aliphatic heterocycles. The van der Waals surface area contributed by atoms with Crippen LogP contribution in [0.4, 0.5) is 4.39 Å². The minimum absolute atomic E-state index is 0. The lowest BCUT2D eigenvalue weighted by Crippen LogP contribution is -1.85. The molecule has 0 spiro atoms. The maximum Gasteiger partial charge on any atom is 0.278 e. The number of benzene rings is 1. The number of thiazole rings is 1. The fourth-order valence-corrected chi connectivity index (χ4v) is 2.14. The number of aryl methyl sites for hydroxylation is 1. The summed E-state index contributed by atoms with van der Waals surface area (Å²) in [6, 6.07) is 2.64. The van der Waals surface area contributed by atoms with Gasteiger partial charge in [-0.3, -0.25) is 0 Å². The Bertz CT molecular complexity index is 507. The number of halogens is 2. The maximum atomic E-state index is 13.1. The van der Waals surface area contributed by atoms with Gasteiger partial charge in [-0.2, -0.15) is 0 Å². The van der Waals surface area contributed by atoms with Crippen molar-refractivity contribution in [3.05, 3.63) is 33.5 Å². The van der Waals surface area contributed by atoms with Gasteiger partial charge in [-0.05, 0) is 28.9 Å². The van der Waals surface area contributed by atoms with Gasteiger partial charge in [-0.1, -0.05) is 18.8 Å². The van der Waals surface area contributed by atoms with Gasteiger partial charge in [-0.25, -0.2) is 9.37 Å². The molecule has 0 aliphatic rings. The van der Waals surface area contributed by atoms with E-state index in [0.717, 1.165) is 4.88 Å². The SMILES string of the molecule is C.Cc1cnc(Oc2cc(O)c(F)c(Br)c2)s1. The number of aromatic hydroxyl groups is 1. The summed E-state index contributed by atoms with van der Waals surface area (Å²) < 4.78 is 18.6. The summed E-state index contributed by atoms with van der Waals surface area (Å²) in [5.74, 6) is -0.833. The molecule has 1 aromatic heterocycles. The van der Waals surface area contributed by atoms with Crippen molar-refractivity contribution in [2.45, 2.75) is 14.4 Å². The second-order valence-corrected chi connectivity index (χ2v) is 5.13. The highest BCUT2D eigenvalue weighted by Crippen LogP contribution is 2.33. The first-order chi connectivity index (χ1) is 7.56. The van der Waals surface area contributed by atoms with E-state index in [1.165, 1.54) is 23.5 Å². The maximum absolute atomic E-state index is 13.1. The summed E-state index contributed by atoms with van der Waals surface area (Å²) in [6.07, 6.45) is 1.68. The quantitative estimate of drug-likeness (QED) is 0.887. The molecule has 0 unspecified atom stereocenters. The Labute approximate surface area is 111 Å². The molecule has 3 nitrogen and oxygen atoms in total. The van der Waals surface area contributed by atoms with Gasteiger partial charge in [0.1, 0.15) is 5.75 Å². The fourth-order valence-electron chi connectivity index (χ4n) is 1.09. The molecule has 0 fully saturated rings. The van der Waals surface area contributed by atoms with Crippen LogP contribution in [0.3, 0.4) is 0 Å². The van der Waals surface area contributed by atoms with Crippen LogP contribution >= 0.6 is 27.3 Å². The summed E-state index contributed by atoms with van der Waals surface area (Å²) in [6.45, 7) is 1.91. The van der Waals surface area contributed by atoms with Crippen LogP contribution in [-0.2, 0) is 0 Å². The Morgan fingerprint density at radius 2 is 2.18 bits per heavy atom. The van der Waals surface area contributed by atoms with Gasteiger partial charge in [0, 0.05) is 17.1 Å². The van der Waals surface area contributed by atoms with E-state index in [0.29, 0.717) is 10.9 Å². The Kier molecular flexibility index (Phi) is 4.47. The Balaban J connectivity index is 0.00000144. The molecular formula is C11H11BrFNO2S.